The molecule has 0 N–H and O–H groups in total. The van der Waals surface area contributed by atoms with E-state index in [1.54, 1.807) is 7.11 Å². The fourth-order valence-corrected chi connectivity index (χ4v) is 2.22. The van der Waals surface area contributed by atoms with Gasteiger partial charge in [-0.2, -0.15) is 0 Å². The molecule has 0 aromatic heterocycles. The molecule has 1 fully saturated rings. The highest BCUT2D eigenvalue weighted by Crippen LogP contribution is 2.32. The maximum atomic E-state index is 11.7. The quantitative estimate of drug-likeness (QED) is 0.802. The van der Waals surface area contributed by atoms with Crippen LogP contribution in [0.4, 0.5) is 0 Å². The van der Waals surface area contributed by atoms with Crippen LogP contribution in [0.15, 0.2) is 30.3 Å². The van der Waals surface area contributed by atoms with Gasteiger partial charge in [-0.3, -0.25) is 4.79 Å². The average molecular weight is 234 g/mol. The first-order valence-electron chi connectivity index (χ1n) is 5.91. The van der Waals surface area contributed by atoms with Gasteiger partial charge in [-0.25, -0.2) is 0 Å². The highest BCUT2D eigenvalue weighted by Gasteiger charge is 2.47. The van der Waals surface area contributed by atoms with E-state index in [1.165, 1.54) is 0 Å². The summed E-state index contributed by atoms with van der Waals surface area (Å²) in [5, 5.41) is 0. The summed E-state index contributed by atoms with van der Waals surface area (Å²) >= 11 is 0. The number of ether oxygens (including phenoxy) is 2. The predicted octanol–water partition coefficient (Wildman–Crippen LogP) is 2.34. The zero-order valence-corrected chi connectivity index (χ0v) is 10.3. The SMILES string of the molecule is CO[C@@]1(C)C(=O)CC[C@@H]1OCc1ccccc1. The van der Waals surface area contributed by atoms with Crippen LogP contribution in [-0.2, 0) is 20.9 Å². The largest absolute Gasteiger partial charge is 0.370 e. The number of hydrogen-bond acceptors (Lipinski definition) is 3. The topological polar surface area (TPSA) is 35.5 Å². The lowest BCUT2D eigenvalue weighted by atomic mass is 10.0. The lowest BCUT2D eigenvalue weighted by molar-refractivity contribution is -0.149. The molecule has 0 spiro atoms. The Labute approximate surface area is 102 Å². The van der Waals surface area contributed by atoms with Gasteiger partial charge >= 0.3 is 0 Å². The van der Waals surface area contributed by atoms with Crippen molar-refractivity contribution in [2.45, 2.75) is 38.1 Å². The third-order valence-electron chi connectivity index (χ3n) is 3.52. The molecule has 1 aliphatic rings. The molecule has 0 aliphatic heterocycles. The van der Waals surface area contributed by atoms with Crippen molar-refractivity contribution in [2.24, 2.45) is 0 Å². The lowest BCUT2D eigenvalue weighted by Crippen LogP contribution is -2.43. The number of methoxy groups -OCH3 is 1. The van der Waals surface area contributed by atoms with Gasteiger partial charge in [-0.05, 0) is 18.9 Å². The first-order valence-corrected chi connectivity index (χ1v) is 5.91. The Hall–Kier alpha value is -1.19. The molecule has 2 rings (SSSR count). The second-order valence-corrected chi connectivity index (χ2v) is 4.56. The van der Waals surface area contributed by atoms with Gasteiger partial charge in [0.15, 0.2) is 5.78 Å². The van der Waals surface area contributed by atoms with Gasteiger partial charge < -0.3 is 9.47 Å². The molecule has 1 aromatic rings. The van der Waals surface area contributed by atoms with Crippen LogP contribution < -0.4 is 0 Å². The summed E-state index contributed by atoms with van der Waals surface area (Å²) in [5.74, 6) is 0.137. The highest BCUT2D eigenvalue weighted by molar-refractivity contribution is 5.90. The van der Waals surface area contributed by atoms with Crippen molar-refractivity contribution >= 4 is 5.78 Å². The Morgan fingerprint density at radius 3 is 2.71 bits per heavy atom. The van der Waals surface area contributed by atoms with Crippen LogP contribution in [-0.4, -0.2) is 24.6 Å². The molecule has 3 nitrogen and oxygen atoms in total. The molecule has 2 atom stereocenters. The first kappa shape index (κ1) is 12.3. The van der Waals surface area contributed by atoms with Crippen LogP contribution >= 0.6 is 0 Å². The third kappa shape index (κ3) is 2.40. The average Bonchev–Trinajstić information content (AvgIpc) is 2.65. The zero-order chi connectivity index (χ0) is 12.3. The second-order valence-electron chi connectivity index (χ2n) is 4.56. The lowest BCUT2D eigenvalue weighted by Gasteiger charge is -2.28. The van der Waals surface area contributed by atoms with Crippen LogP contribution in [0.5, 0.6) is 0 Å². The van der Waals surface area contributed by atoms with Crippen molar-refractivity contribution in [2.75, 3.05) is 7.11 Å². The molecule has 0 heterocycles. The summed E-state index contributed by atoms with van der Waals surface area (Å²) in [4.78, 5) is 11.7. The summed E-state index contributed by atoms with van der Waals surface area (Å²) in [7, 11) is 1.57. The molecular formula is C14H18O3. The molecule has 1 saturated carbocycles. The molecule has 0 unspecified atom stereocenters. The smallest absolute Gasteiger partial charge is 0.167 e. The first-order chi connectivity index (χ1) is 8.16. The number of hydrogen-bond donors (Lipinski definition) is 0. The van der Waals surface area contributed by atoms with Gasteiger partial charge in [0.25, 0.3) is 0 Å². The molecular weight excluding hydrogens is 216 g/mol. The Morgan fingerprint density at radius 1 is 1.35 bits per heavy atom. The van der Waals surface area contributed by atoms with Gasteiger partial charge in [0.2, 0.25) is 0 Å². The van der Waals surface area contributed by atoms with Crippen LogP contribution in [0.1, 0.15) is 25.3 Å². The minimum atomic E-state index is -0.769. The molecule has 17 heavy (non-hydrogen) atoms. The monoisotopic (exact) mass is 234 g/mol. The van der Waals surface area contributed by atoms with Crippen molar-refractivity contribution in [1.82, 2.24) is 0 Å². The predicted molar refractivity (Wildman–Crippen MR) is 64.7 cm³/mol. The molecule has 0 amide bonds. The summed E-state index contributed by atoms with van der Waals surface area (Å²) in [6.07, 6.45) is 1.15. The van der Waals surface area contributed by atoms with E-state index in [-0.39, 0.29) is 11.9 Å². The van der Waals surface area contributed by atoms with Crippen LogP contribution in [0.25, 0.3) is 0 Å². The minimum absolute atomic E-state index is 0.137. The Bertz CT molecular complexity index is 388. The van der Waals surface area contributed by atoms with Crippen LogP contribution in [0.3, 0.4) is 0 Å². The third-order valence-corrected chi connectivity index (χ3v) is 3.52. The van der Waals surface area contributed by atoms with Gasteiger partial charge in [-0.15, -0.1) is 0 Å². The number of Topliss-reactive ketones (excluding diaryl/α,β-unsaturated/α-hetero) is 1. The molecule has 0 saturated heterocycles. The number of rotatable bonds is 4. The molecule has 0 bridgehead atoms. The maximum absolute atomic E-state index is 11.7. The van der Waals surface area contributed by atoms with Gasteiger partial charge in [0.05, 0.1) is 12.7 Å². The number of carbonyl (C=O) groups is 1. The van der Waals surface area contributed by atoms with E-state index in [1.807, 2.05) is 37.3 Å². The van der Waals surface area contributed by atoms with E-state index >= 15 is 0 Å². The number of ketones is 1. The van der Waals surface area contributed by atoms with Crippen LogP contribution in [0.2, 0.25) is 0 Å². The van der Waals surface area contributed by atoms with Gasteiger partial charge in [-0.1, -0.05) is 30.3 Å². The number of carbonyl (C=O) groups excluding carboxylic acids is 1. The van der Waals surface area contributed by atoms with E-state index in [0.29, 0.717) is 13.0 Å². The van der Waals surface area contributed by atoms with Crippen molar-refractivity contribution in [3.63, 3.8) is 0 Å². The molecule has 1 aliphatic carbocycles. The van der Waals surface area contributed by atoms with E-state index < -0.39 is 5.60 Å². The fraction of sp³-hybridized carbons (Fsp3) is 0.500. The van der Waals surface area contributed by atoms with Gasteiger partial charge in [0, 0.05) is 13.5 Å². The minimum Gasteiger partial charge on any atom is -0.370 e. The van der Waals surface area contributed by atoms with E-state index in [0.717, 1.165) is 12.0 Å². The summed E-state index contributed by atoms with van der Waals surface area (Å²) in [6, 6.07) is 9.96. The standard InChI is InChI=1S/C14H18O3/c1-14(16-2)12(15)8-9-13(14)17-10-11-6-4-3-5-7-11/h3-7,13H,8-10H2,1-2H3/t13-,14-/m0/s1. The van der Waals surface area contributed by atoms with Crippen molar-refractivity contribution in [1.29, 1.82) is 0 Å². The summed E-state index contributed by atoms with van der Waals surface area (Å²) in [5.41, 5.74) is 0.347. The summed E-state index contributed by atoms with van der Waals surface area (Å²) in [6.45, 7) is 2.34. The zero-order valence-electron chi connectivity index (χ0n) is 10.3. The number of benzene rings is 1. The van der Waals surface area contributed by atoms with Gasteiger partial charge in [0.1, 0.15) is 5.60 Å². The second kappa shape index (κ2) is 4.98. The highest BCUT2D eigenvalue weighted by atomic mass is 16.5. The maximum Gasteiger partial charge on any atom is 0.167 e. The fourth-order valence-electron chi connectivity index (χ4n) is 2.22. The molecule has 92 valence electrons. The van der Waals surface area contributed by atoms with Crippen molar-refractivity contribution in [3.8, 4) is 0 Å². The Morgan fingerprint density at radius 2 is 2.06 bits per heavy atom. The van der Waals surface area contributed by atoms with E-state index in [2.05, 4.69) is 0 Å². The molecule has 0 radical (unpaired) electrons. The normalized spacial score (nSPS) is 28.6. The van der Waals surface area contributed by atoms with Crippen LogP contribution in [0, 0.1) is 0 Å². The Kier molecular flexibility index (Phi) is 3.60. The van der Waals surface area contributed by atoms with Crippen molar-refractivity contribution < 1.29 is 14.3 Å². The Balaban J connectivity index is 1.98. The molecule has 3 heteroatoms. The molecule has 1 aromatic carbocycles. The van der Waals surface area contributed by atoms with Crippen molar-refractivity contribution in [3.05, 3.63) is 35.9 Å². The van der Waals surface area contributed by atoms with E-state index in [4.69, 9.17) is 9.47 Å². The van der Waals surface area contributed by atoms with E-state index in [9.17, 15) is 4.79 Å². The summed E-state index contributed by atoms with van der Waals surface area (Å²) < 4.78 is 11.2.